The molecule has 1 aliphatic rings. The highest BCUT2D eigenvalue weighted by atomic mass is 32.1. The Hall–Kier alpha value is -2.66. The van der Waals surface area contributed by atoms with Crippen molar-refractivity contribution in [1.82, 2.24) is 10.2 Å². The first-order chi connectivity index (χ1) is 12.2. The molecule has 25 heavy (non-hydrogen) atoms. The van der Waals surface area contributed by atoms with Gasteiger partial charge in [0.2, 0.25) is 0 Å². The summed E-state index contributed by atoms with van der Waals surface area (Å²) >= 11 is 5.21. The third kappa shape index (κ3) is 4.25. The number of benzene rings is 2. The van der Waals surface area contributed by atoms with Crippen molar-refractivity contribution in [1.29, 1.82) is 0 Å². The Morgan fingerprint density at radius 1 is 1.12 bits per heavy atom. The standard InChI is InChI=1S/C20H20N2O2S/c1-2-12-22-19(23)18(21-20(22)25)13-15-8-10-17(11-9-15)24-14-16-6-4-3-5-7-16/h3-11,13H,2,12,14H2,1H3,(H,21,25)/b18-13-. The van der Waals surface area contributed by atoms with Crippen molar-refractivity contribution in [2.45, 2.75) is 20.0 Å². The van der Waals surface area contributed by atoms with Crippen LogP contribution in [0.25, 0.3) is 6.08 Å². The average molecular weight is 352 g/mol. The van der Waals surface area contributed by atoms with Crippen LogP contribution in [0.5, 0.6) is 5.75 Å². The van der Waals surface area contributed by atoms with Gasteiger partial charge in [0.1, 0.15) is 18.1 Å². The molecule has 128 valence electrons. The van der Waals surface area contributed by atoms with Gasteiger partial charge in [0.15, 0.2) is 5.11 Å². The number of ether oxygens (including phenoxy) is 1. The summed E-state index contributed by atoms with van der Waals surface area (Å²) in [6, 6.07) is 17.7. The topological polar surface area (TPSA) is 41.6 Å². The van der Waals surface area contributed by atoms with E-state index in [1.54, 1.807) is 4.90 Å². The monoisotopic (exact) mass is 352 g/mol. The van der Waals surface area contributed by atoms with Gasteiger partial charge in [-0.05, 0) is 48.0 Å². The molecule has 0 spiro atoms. The van der Waals surface area contributed by atoms with Crippen LogP contribution in [0, 0.1) is 0 Å². The number of amides is 1. The van der Waals surface area contributed by atoms with Crippen LogP contribution in [0.3, 0.4) is 0 Å². The highest BCUT2D eigenvalue weighted by Gasteiger charge is 2.29. The quantitative estimate of drug-likeness (QED) is 0.635. The molecule has 1 fully saturated rings. The van der Waals surface area contributed by atoms with E-state index in [4.69, 9.17) is 17.0 Å². The lowest BCUT2D eigenvalue weighted by Gasteiger charge is -2.11. The molecule has 0 atom stereocenters. The molecular weight excluding hydrogens is 332 g/mol. The first-order valence-corrected chi connectivity index (χ1v) is 8.69. The van der Waals surface area contributed by atoms with Gasteiger partial charge in [-0.2, -0.15) is 0 Å². The zero-order valence-electron chi connectivity index (χ0n) is 14.1. The molecule has 3 rings (SSSR count). The number of hydrogen-bond acceptors (Lipinski definition) is 3. The van der Waals surface area contributed by atoms with Crippen LogP contribution in [0.2, 0.25) is 0 Å². The number of carbonyl (C=O) groups is 1. The van der Waals surface area contributed by atoms with Crippen molar-refractivity contribution < 1.29 is 9.53 Å². The Kier molecular flexibility index (Phi) is 5.46. The number of nitrogens with one attached hydrogen (secondary N) is 1. The van der Waals surface area contributed by atoms with Crippen LogP contribution >= 0.6 is 12.2 Å². The van der Waals surface area contributed by atoms with Gasteiger partial charge in [0, 0.05) is 6.54 Å². The molecule has 5 heteroatoms. The van der Waals surface area contributed by atoms with Gasteiger partial charge in [-0.15, -0.1) is 0 Å². The summed E-state index contributed by atoms with van der Waals surface area (Å²) in [5.41, 5.74) is 2.56. The molecule has 4 nitrogen and oxygen atoms in total. The summed E-state index contributed by atoms with van der Waals surface area (Å²) in [6.45, 7) is 3.18. The van der Waals surface area contributed by atoms with Gasteiger partial charge in [-0.1, -0.05) is 49.4 Å². The van der Waals surface area contributed by atoms with Gasteiger partial charge in [-0.25, -0.2) is 0 Å². The van der Waals surface area contributed by atoms with E-state index in [-0.39, 0.29) is 5.91 Å². The second kappa shape index (κ2) is 7.94. The second-order valence-electron chi connectivity index (χ2n) is 5.79. The largest absolute Gasteiger partial charge is 0.489 e. The molecule has 1 aliphatic heterocycles. The smallest absolute Gasteiger partial charge is 0.276 e. The maximum Gasteiger partial charge on any atom is 0.276 e. The minimum Gasteiger partial charge on any atom is -0.489 e. The van der Waals surface area contributed by atoms with E-state index in [2.05, 4.69) is 5.32 Å². The Bertz CT molecular complexity index is 785. The Morgan fingerprint density at radius 2 is 1.84 bits per heavy atom. The zero-order valence-corrected chi connectivity index (χ0v) is 14.9. The van der Waals surface area contributed by atoms with Crippen LogP contribution in [-0.4, -0.2) is 22.5 Å². The van der Waals surface area contributed by atoms with Crippen LogP contribution in [0.15, 0.2) is 60.3 Å². The first-order valence-electron chi connectivity index (χ1n) is 8.28. The third-order valence-electron chi connectivity index (χ3n) is 3.85. The van der Waals surface area contributed by atoms with E-state index in [1.807, 2.05) is 67.6 Å². The van der Waals surface area contributed by atoms with Crippen LogP contribution in [0.1, 0.15) is 24.5 Å². The Labute approximate surface area is 153 Å². The van der Waals surface area contributed by atoms with E-state index in [0.717, 1.165) is 23.3 Å². The summed E-state index contributed by atoms with van der Waals surface area (Å²) in [4.78, 5) is 13.9. The van der Waals surface area contributed by atoms with Crippen LogP contribution < -0.4 is 10.1 Å². The van der Waals surface area contributed by atoms with E-state index < -0.39 is 0 Å². The summed E-state index contributed by atoms with van der Waals surface area (Å²) in [7, 11) is 0. The molecule has 0 aromatic heterocycles. The number of carbonyl (C=O) groups excluding carboxylic acids is 1. The summed E-state index contributed by atoms with van der Waals surface area (Å²) in [6.07, 6.45) is 2.68. The average Bonchev–Trinajstić information content (AvgIpc) is 2.90. The molecule has 0 unspecified atom stereocenters. The molecule has 1 N–H and O–H groups in total. The minimum absolute atomic E-state index is 0.0729. The van der Waals surface area contributed by atoms with E-state index in [1.165, 1.54) is 0 Å². The fourth-order valence-corrected chi connectivity index (χ4v) is 2.85. The molecule has 0 aliphatic carbocycles. The van der Waals surface area contributed by atoms with Gasteiger partial charge in [0.25, 0.3) is 5.91 Å². The predicted molar refractivity (Wildman–Crippen MR) is 103 cm³/mol. The SMILES string of the molecule is CCCN1C(=O)/C(=C/c2ccc(OCc3ccccc3)cc2)NC1=S. The van der Waals surface area contributed by atoms with Crippen molar-refractivity contribution in [3.05, 3.63) is 71.4 Å². The second-order valence-corrected chi connectivity index (χ2v) is 6.17. The van der Waals surface area contributed by atoms with Gasteiger partial charge < -0.3 is 10.1 Å². The lowest BCUT2D eigenvalue weighted by atomic mass is 10.2. The molecule has 0 saturated carbocycles. The number of thiocarbonyl (C=S) groups is 1. The molecule has 0 radical (unpaired) electrons. The van der Waals surface area contributed by atoms with E-state index >= 15 is 0 Å². The summed E-state index contributed by atoms with van der Waals surface area (Å²) in [5.74, 6) is 0.719. The molecule has 1 saturated heterocycles. The number of hydrogen-bond donors (Lipinski definition) is 1. The van der Waals surface area contributed by atoms with Crippen LogP contribution in [-0.2, 0) is 11.4 Å². The third-order valence-corrected chi connectivity index (χ3v) is 4.17. The van der Waals surface area contributed by atoms with Crippen molar-refractivity contribution >= 4 is 29.3 Å². The summed E-state index contributed by atoms with van der Waals surface area (Å²) < 4.78 is 5.77. The Balaban J connectivity index is 1.64. The number of nitrogens with zero attached hydrogens (tertiary/aromatic N) is 1. The number of rotatable bonds is 6. The van der Waals surface area contributed by atoms with Gasteiger partial charge >= 0.3 is 0 Å². The van der Waals surface area contributed by atoms with Crippen LogP contribution in [0.4, 0.5) is 0 Å². The van der Waals surface area contributed by atoms with Gasteiger partial charge in [-0.3, -0.25) is 9.69 Å². The molecule has 1 amide bonds. The predicted octanol–water partition coefficient (Wildman–Crippen LogP) is 3.73. The zero-order chi connectivity index (χ0) is 17.6. The molecule has 2 aromatic carbocycles. The highest BCUT2D eigenvalue weighted by Crippen LogP contribution is 2.18. The fourth-order valence-electron chi connectivity index (χ4n) is 2.57. The fraction of sp³-hybridized carbons (Fsp3) is 0.200. The molecule has 0 bridgehead atoms. The molecule has 2 aromatic rings. The molecule has 1 heterocycles. The first kappa shape index (κ1) is 17.2. The summed E-state index contributed by atoms with van der Waals surface area (Å²) in [5, 5.41) is 3.46. The highest BCUT2D eigenvalue weighted by molar-refractivity contribution is 7.80. The van der Waals surface area contributed by atoms with Crippen molar-refractivity contribution in [3.8, 4) is 5.75 Å². The van der Waals surface area contributed by atoms with Crippen molar-refractivity contribution in [3.63, 3.8) is 0 Å². The minimum atomic E-state index is -0.0729. The van der Waals surface area contributed by atoms with Crippen molar-refractivity contribution in [2.24, 2.45) is 0 Å². The van der Waals surface area contributed by atoms with Gasteiger partial charge in [0.05, 0.1) is 0 Å². The maximum atomic E-state index is 12.3. The maximum absolute atomic E-state index is 12.3. The van der Waals surface area contributed by atoms with Crippen molar-refractivity contribution in [2.75, 3.05) is 6.54 Å². The van der Waals surface area contributed by atoms with E-state index in [9.17, 15) is 4.79 Å². The lowest BCUT2D eigenvalue weighted by molar-refractivity contribution is -0.122. The normalized spacial score (nSPS) is 15.6. The van der Waals surface area contributed by atoms with E-state index in [0.29, 0.717) is 24.0 Å². The Morgan fingerprint density at radius 3 is 2.52 bits per heavy atom. The molecular formula is C20H20N2O2S. The lowest BCUT2D eigenvalue weighted by Crippen LogP contribution is -2.31.